The van der Waals surface area contributed by atoms with Crippen molar-refractivity contribution in [3.8, 4) is 0 Å². The average Bonchev–Trinajstić information content (AvgIpc) is 2.39. The van der Waals surface area contributed by atoms with Gasteiger partial charge < -0.3 is 11.5 Å². The van der Waals surface area contributed by atoms with Crippen molar-refractivity contribution in [1.82, 2.24) is 10.4 Å². The number of halogens is 1. The van der Waals surface area contributed by atoms with Crippen LogP contribution in [-0.4, -0.2) is 4.98 Å². The molecule has 6 heteroatoms. The second-order valence-electron chi connectivity index (χ2n) is 4.24. The molecular formula is C13H16ClN5. The summed E-state index contributed by atoms with van der Waals surface area (Å²) in [4.78, 5) is 4.05. The van der Waals surface area contributed by atoms with Gasteiger partial charge in [0.05, 0.1) is 6.04 Å². The summed E-state index contributed by atoms with van der Waals surface area (Å²) in [5, 5.41) is 0.595. The first kappa shape index (κ1) is 13.6. The fourth-order valence-corrected chi connectivity index (χ4v) is 2.15. The Kier molecular flexibility index (Phi) is 4.21. The highest BCUT2D eigenvalue weighted by Gasteiger charge is 2.15. The van der Waals surface area contributed by atoms with Crippen LogP contribution in [0.5, 0.6) is 0 Å². The van der Waals surface area contributed by atoms with Crippen LogP contribution in [0.25, 0.3) is 0 Å². The van der Waals surface area contributed by atoms with Crippen molar-refractivity contribution in [2.24, 2.45) is 5.84 Å². The van der Waals surface area contributed by atoms with Crippen molar-refractivity contribution in [3.05, 3.63) is 52.7 Å². The first-order chi connectivity index (χ1) is 9.11. The highest BCUT2D eigenvalue weighted by Crippen LogP contribution is 2.27. The number of nitrogens with zero attached hydrogens (tertiary/aromatic N) is 1. The third-order valence-corrected chi connectivity index (χ3v) is 3.21. The molecule has 0 fully saturated rings. The lowest BCUT2D eigenvalue weighted by Crippen LogP contribution is -2.30. The molecule has 2 aromatic rings. The van der Waals surface area contributed by atoms with Gasteiger partial charge in [-0.05, 0) is 35.7 Å². The Labute approximate surface area is 116 Å². The lowest BCUT2D eigenvalue weighted by Gasteiger charge is -2.19. The molecule has 0 radical (unpaired) electrons. The standard InChI is InChI=1S/C13H16ClN5/c14-9-3-4-10(11(15)7-9)12(19-17)6-8-2-1-5-18-13(8)16/h1-5,7,12,19H,6,15,17H2,(H2,16,18). The van der Waals surface area contributed by atoms with Crippen molar-refractivity contribution < 1.29 is 0 Å². The molecule has 1 heterocycles. The Morgan fingerprint density at radius 3 is 2.68 bits per heavy atom. The Morgan fingerprint density at radius 1 is 1.26 bits per heavy atom. The van der Waals surface area contributed by atoms with Gasteiger partial charge in [0.1, 0.15) is 5.82 Å². The van der Waals surface area contributed by atoms with E-state index >= 15 is 0 Å². The lowest BCUT2D eigenvalue weighted by molar-refractivity contribution is 0.553. The van der Waals surface area contributed by atoms with Crippen LogP contribution >= 0.6 is 11.6 Å². The van der Waals surface area contributed by atoms with Crippen molar-refractivity contribution in [3.63, 3.8) is 0 Å². The fourth-order valence-electron chi connectivity index (χ4n) is 1.96. The minimum atomic E-state index is -0.149. The highest BCUT2D eigenvalue weighted by molar-refractivity contribution is 6.30. The molecule has 2 rings (SSSR count). The number of hydrazine groups is 1. The summed E-state index contributed by atoms with van der Waals surface area (Å²) in [6.45, 7) is 0. The van der Waals surface area contributed by atoms with Crippen LogP contribution in [0.15, 0.2) is 36.5 Å². The number of nitrogens with one attached hydrogen (secondary N) is 1. The summed E-state index contributed by atoms with van der Waals surface area (Å²) < 4.78 is 0. The summed E-state index contributed by atoms with van der Waals surface area (Å²) in [5.74, 6) is 6.11. The smallest absolute Gasteiger partial charge is 0.126 e. The van der Waals surface area contributed by atoms with E-state index in [2.05, 4.69) is 10.4 Å². The maximum absolute atomic E-state index is 5.96. The van der Waals surface area contributed by atoms with Crippen LogP contribution in [0.2, 0.25) is 5.02 Å². The summed E-state index contributed by atoms with van der Waals surface area (Å²) in [7, 11) is 0. The molecular weight excluding hydrogens is 262 g/mol. The van der Waals surface area contributed by atoms with Gasteiger partial charge in [0, 0.05) is 16.9 Å². The number of benzene rings is 1. The average molecular weight is 278 g/mol. The zero-order valence-electron chi connectivity index (χ0n) is 10.3. The first-order valence-corrected chi connectivity index (χ1v) is 6.20. The first-order valence-electron chi connectivity index (χ1n) is 5.82. The van der Waals surface area contributed by atoms with Crippen LogP contribution in [0.3, 0.4) is 0 Å². The van der Waals surface area contributed by atoms with Crippen molar-refractivity contribution >= 4 is 23.1 Å². The van der Waals surface area contributed by atoms with Crippen molar-refractivity contribution in [2.75, 3.05) is 11.5 Å². The fraction of sp³-hybridized carbons (Fsp3) is 0.154. The molecule has 19 heavy (non-hydrogen) atoms. The van der Waals surface area contributed by atoms with E-state index in [1.54, 1.807) is 18.3 Å². The highest BCUT2D eigenvalue weighted by atomic mass is 35.5. The van der Waals surface area contributed by atoms with E-state index < -0.39 is 0 Å². The predicted octanol–water partition coefficient (Wildman–Crippen LogP) is 1.65. The molecule has 5 nitrogen and oxygen atoms in total. The second kappa shape index (κ2) is 5.88. The molecule has 0 aliphatic heterocycles. The van der Waals surface area contributed by atoms with E-state index in [-0.39, 0.29) is 6.04 Å². The van der Waals surface area contributed by atoms with Gasteiger partial charge in [-0.1, -0.05) is 23.7 Å². The quantitative estimate of drug-likeness (QED) is 0.386. The van der Waals surface area contributed by atoms with E-state index in [4.69, 9.17) is 28.9 Å². The number of aromatic nitrogens is 1. The minimum Gasteiger partial charge on any atom is -0.398 e. The maximum Gasteiger partial charge on any atom is 0.126 e. The van der Waals surface area contributed by atoms with Crippen LogP contribution in [0.1, 0.15) is 17.2 Å². The molecule has 1 atom stereocenters. The predicted molar refractivity (Wildman–Crippen MR) is 78.3 cm³/mol. The monoisotopic (exact) mass is 277 g/mol. The normalized spacial score (nSPS) is 12.3. The Morgan fingerprint density at radius 2 is 2.05 bits per heavy atom. The van der Waals surface area contributed by atoms with Crippen molar-refractivity contribution in [2.45, 2.75) is 12.5 Å². The van der Waals surface area contributed by atoms with Gasteiger partial charge in [-0.3, -0.25) is 11.3 Å². The molecule has 0 aliphatic carbocycles. The van der Waals surface area contributed by atoms with Crippen molar-refractivity contribution in [1.29, 1.82) is 0 Å². The van der Waals surface area contributed by atoms with Gasteiger partial charge in [0.25, 0.3) is 0 Å². The second-order valence-corrected chi connectivity index (χ2v) is 4.68. The lowest BCUT2D eigenvalue weighted by atomic mass is 9.98. The van der Waals surface area contributed by atoms with Gasteiger partial charge in [-0.15, -0.1) is 0 Å². The molecule has 0 bridgehead atoms. The summed E-state index contributed by atoms with van der Waals surface area (Å²) in [6.07, 6.45) is 2.25. The summed E-state index contributed by atoms with van der Waals surface area (Å²) >= 11 is 5.89. The van der Waals surface area contributed by atoms with E-state index in [1.807, 2.05) is 18.2 Å². The number of hydrogen-bond acceptors (Lipinski definition) is 5. The number of nitrogens with two attached hydrogens (primary N) is 3. The van der Waals surface area contributed by atoms with Gasteiger partial charge >= 0.3 is 0 Å². The molecule has 7 N–H and O–H groups in total. The van der Waals surface area contributed by atoms with Crippen LogP contribution in [-0.2, 0) is 6.42 Å². The minimum absolute atomic E-state index is 0.149. The zero-order chi connectivity index (χ0) is 13.8. The van der Waals surface area contributed by atoms with E-state index in [1.165, 1.54) is 0 Å². The number of hydrogen-bond donors (Lipinski definition) is 4. The molecule has 100 valence electrons. The molecule has 1 aromatic heterocycles. The molecule has 0 spiro atoms. The Bertz CT molecular complexity index is 573. The maximum atomic E-state index is 5.96. The molecule has 1 unspecified atom stereocenters. The molecule has 0 saturated carbocycles. The third-order valence-electron chi connectivity index (χ3n) is 2.98. The number of pyridine rings is 1. The van der Waals surface area contributed by atoms with Gasteiger partial charge in [0.2, 0.25) is 0 Å². The van der Waals surface area contributed by atoms with Crippen LogP contribution in [0, 0.1) is 0 Å². The molecule has 1 aromatic carbocycles. The summed E-state index contributed by atoms with van der Waals surface area (Å²) in [6, 6.07) is 8.94. The van der Waals surface area contributed by atoms with E-state index in [0.717, 1.165) is 11.1 Å². The zero-order valence-corrected chi connectivity index (χ0v) is 11.1. The molecule has 0 aliphatic rings. The number of rotatable bonds is 4. The van der Waals surface area contributed by atoms with Gasteiger partial charge in [-0.25, -0.2) is 4.98 Å². The van der Waals surface area contributed by atoms with Crippen LogP contribution in [0.4, 0.5) is 11.5 Å². The Hall–Kier alpha value is -1.82. The third kappa shape index (κ3) is 3.14. The largest absolute Gasteiger partial charge is 0.398 e. The molecule has 0 saturated heterocycles. The Balaban J connectivity index is 2.28. The van der Waals surface area contributed by atoms with E-state index in [0.29, 0.717) is 22.9 Å². The van der Waals surface area contributed by atoms with Crippen LogP contribution < -0.4 is 22.7 Å². The molecule has 0 amide bonds. The van der Waals surface area contributed by atoms with E-state index in [9.17, 15) is 0 Å². The SMILES string of the molecule is NNC(Cc1cccnc1N)c1ccc(Cl)cc1N. The number of nitrogen functional groups attached to an aromatic ring is 2. The van der Waals surface area contributed by atoms with Gasteiger partial charge in [-0.2, -0.15) is 0 Å². The summed E-state index contributed by atoms with van der Waals surface area (Å²) in [5.41, 5.74) is 16.9. The topological polar surface area (TPSA) is 103 Å². The number of anilines is 2. The van der Waals surface area contributed by atoms with Gasteiger partial charge in [0.15, 0.2) is 0 Å².